The Bertz CT molecular complexity index is 601. The number of ether oxygens (including phenoxy) is 1. The van der Waals surface area contributed by atoms with E-state index >= 15 is 0 Å². The molecule has 1 atom stereocenters. The van der Waals surface area contributed by atoms with Crippen LogP contribution in [0.5, 0.6) is 0 Å². The topological polar surface area (TPSA) is 51.5 Å². The van der Waals surface area contributed by atoms with Crippen molar-refractivity contribution in [3.05, 3.63) is 47.7 Å². The van der Waals surface area contributed by atoms with E-state index < -0.39 is 0 Å². The highest BCUT2D eigenvalue weighted by molar-refractivity contribution is 5.89. The van der Waals surface area contributed by atoms with Crippen molar-refractivity contribution in [2.45, 2.75) is 39.8 Å². The van der Waals surface area contributed by atoms with Gasteiger partial charge in [0.2, 0.25) is 0 Å². The maximum atomic E-state index is 11.6. The van der Waals surface area contributed by atoms with Crippen LogP contribution in [0.1, 0.15) is 43.3 Å². The highest BCUT2D eigenvalue weighted by atomic mass is 16.5. The predicted octanol–water partition coefficient (Wildman–Crippen LogP) is 4.01. The molecule has 0 aliphatic carbocycles. The first-order chi connectivity index (χ1) is 10.6. The Labute approximate surface area is 131 Å². The molecule has 0 unspecified atom stereocenters. The Morgan fingerprint density at radius 2 is 1.91 bits per heavy atom. The molecule has 1 heterocycles. The summed E-state index contributed by atoms with van der Waals surface area (Å²) in [6, 6.07) is 11.7. The maximum absolute atomic E-state index is 11.6. The van der Waals surface area contributed by atoms with Gasteiger partial charge in [-0.25, -0.2) is 4.79 Å². The molecule has 4 nitrogen and oxygen atoms in total. The normalized spacial score (nSPS) is 12.1. The molecule has 2 aromatic rings. The summed E-state index contributed by atoms with van der Waals surface area (Å²) < 4.78 is 10.8. The maximum Gasteiger partial charge on any atom is 0.338 e. The first-order valence-electron chi connectivity index (χ1n) is 7.73. The first-order valence-corrected chi connectivity index (χ1v) is 7.73. The molecule has 0 saturated carbocycles. The summed E-state index contributed by atoms with van der Waals surface area (Å²) in [5, 5.41) is 3.40. The van der Waals surface area contributed by atoms with Crippen molar-refractivity contribution in [1.82, 2.24) is 5.32 Å². The van der Waals surface area contributed by atoms with E-state index in [0.717, 1.165) is 30.0 Å². The van der Waals surface area contributed by atoms with Crippen molar-refractivity contribution in [1.29, 1.82) is 0 Å². The molecular weight excluding hydrogens is 278 g/mol. The van der Waals surface area contributed by atoms with E-state index in [9.17, 15) is 4.79 Å². The second kappa shape index (κ2) is 7.80. The molecule has 0 radical (unpaired) electrons. The summed E-state index contributed by atoms with van der Waals surface area (Å²) in [6.45, 7) is 7.19. The van der Waals surface area contributed by atoms with Crippen LogP contribution < -0.4 is 5.32 Å². The van der Waals surface area contributed by atoms with E-state index in [4.69, 9.17) is 9.15 Å². The van der Waals surface area contributed by atoms with Crippen LogP contribution in [0, 0.1) is 0 Å². The van der Waals surface area contributed by atoms with Gasteiger partial charge >= 0.3 is 5.97 Å². The third-order valence-electron chi connectivity index (χ3n) is 3.58. The van der Waals surface area contributed by atoms with Gasteiger partial charge in [0.05, 0.1) is 18.7 Å². The lowest BCUT2D eigenvalue weighted by Crippen LogP contribution is -2.24. The quantitative estimate of drug-likeness (QED) is 0.785. The molecular formula is C18H23NO3. The standard InChI is InChI=1S/C18H23NO3/c1-4-13(3)19-12-16-10-11-17(22-16)14-6-8-15(9-7-14)18(20)21-5-2/h6-11,13,19H,4-5,12H2,1-3H3/t13-/m0/s1. The molecule has 4 heteroatoms. The number of benzene rings is 1. The van der Waals surface area contributed by atoms with E-state index in [1.807, 2.05) is 24.3 Å². The largest absolute Gasteiger partial charge is 0.462 e. The van der Waals surface area contributed by atoms with Crippen molar-refractivity contribution < 1.29 is 13.9 Å². The lowest BCUT2D eigenvalue weighted by Gasteiger charge is -2.09. The smallest absolute Gasteiger partial charge is 0.338 e. The van der Waals surface area contributed by atoms with Crippen molar-refractivity contribution in [2.75, 3.05) is 6.61 Å². The van der Waals surface area contributed by atoms with Crippen molar-refractivity contribution in [3.63, 3.8) is 0 Å². The minimum atomic E-state index is -0.299. The highest BCUT2D eigenvalue weighted by Crippen LogP contribution is 2.23. The van der Waals surface area contributed by atoms with Crippen LogP contribution in [0.2, 0.25) is 0 Å². The van der Waals surface area contributed by atoms with Gasteiger partial charge in [-0.3, -0.25) is 0 Å². The number of carbonyl (C=O) groups is 1. The summed E-state index contributed by atoms with van der Waals surface area (Å²) >= 11 is 0. The molecule has 0 spiro atoms. The van der Waals surface area contributed by atoms with E-state index in [2.05, 4.69) is 19.2 Å². The summed E-state index contributed by atoms with van der Waals surface area (Å²) in [5.41, 5.74) is 1.50. The number of nitrogens with one attached hydrogen (secondary N) is 1. The minimum Gasteiger partial charge on any atom is -0.462 e. The van der Waals surface area contributed by atoms with Gasteiger partial charge in [-0.2, -0.15) is 0 Å². The van der Waals surface area contributed by atoms with Gasteiger partial charge in [0, 0.05) is 11.6 Å². The van der Waals surface area contributed by atoms with Gasteiger partial charge in [-0.1, -0.05) is 19.1 Å². The zero-order valence-electron chi connectivity index (χ0n) is 13.4. The number of esters is 1. The number of hydrogen-bond acceptors (Lipinski definition) is 4. The van der Waals surface area contributed by atoms with Gasteiger partial charge in [-0.05, 0) is 44.5 Å². The van der Waals surface area contributed by atoms with Crippen molar-refractivity contribution >= 4 is 5.97 Å². The molecule has 0 fully saturated rings. The van der Waals surface area contributed by atoms with E-state index in [1.165, 1.54) is 0 Å². The molecule has 0 bridgehead atoms. The van der Waals surface area contributed by atoms with Gasteiger partial charge in [-0.15, -0.1) is 0 Å². The SMILES string of the molecule is CCOC(=O)c1ccc(-c2ccc(CN[C@@H](C)CC)o2)cc1. The first kappa shape index (κ1) is 16.3. The van der Waals surface area contributed by atoms with Crippen molar-refractivity contribution in [2.24, 2.45) is 0 Å². The number of carbonyl (C=O) groups excluding carboxylic acids is 1. The monoisotopic (exact) mass is 301 g/mol. The second-order valence-corrected chi connectivity index (χ2v) is 5.25. The lowest BCUT2D eigenvalue weighted by atomic mass is 10.1. The summed E-state index contributed by atoms with van der Waals surface area (Å²) in [6.07, 6.45) is 1.09. The van der Waals surface area contributed by atoms with Crippen LogP contribution >= 0.6 is 0 Å². The molecule has 0 saturated heterocycles. The van der Waals surface area contributed by atoms with E-state index in [1.54, 1.807) is 19.1 Å². The zero-order valence-corrected chi connectivity index (χ0v) is 13.4. The van der Waals surface area contributed by atoms with E-state index in [-0.39, 0.29) is 5.97 Å². The molecule has 118 valence electrons. The Morgan fingerprint density at radius 1 is 1.18 bits per heavy atom. The van der Waals surface area contributed by atoms with Gasteiger partial charge in [0.25, 0.3) is 0 Å². The van der Waals surface area contributed by atoms with Crippen LogP contribution in [0.25, 0.3) is 11.3 Å². The highest BCUT2D eigenvalue weighted by Gasteiger charge is 2.09. The summed E-state index contributed by atoms with van der Waals surface area (Å²) in [7, 11) is 0. The molecule has 1 aromatic heterocycles. The Hall–Kier alpha value is -2.07. The fourth-order valence-corrected chi connectivity index (χ4v) is 2.03. The number of rotatable bonds is 7. The minimum absolute atomic E-state index is 0.299. The average Bonchev–Trinajstić information content (AvgIpc) is 3.02. The molecule has 2 rings (SSSR count). The van der Waals surface area contributed by atoms with Gasteiger partial charge < -0.3 is 14.5 Å². The zero-order chi connectivity index (χ0) is 15.9. The summed E-state index contributed by atoms with van der Waals surface area (Å²) in [4.78, 5) is 11.6. The predicted molar refractivity (Wildman–Crippen MR) is 86.7 cm³/mol. The molecule has 0 aliphatic heterocycles. The number of furan rings is 1. The Balaban J connectivity index is 2.03. The number of hydrogen-bond donors (Lipinski definition) is 1. The van der Waals surface area contributed by atoms with Gasteiger partial charge in [0.1, 0.15) is 11.5 Å². The Kier molecular flexibility index (Phi) is 5.78. The van der Waals surface area contributed by atoms with Gasteiger partial charge in [0.15, 0.2) is 0 Å². The average molecular weight is 301 g/mol. The molecule has 1 aromatic carbocycles. The van der Waals surface area contributed by atoms with Crippen LogP contribution in [0.4, 0.5) is 0 Å². The molecule has 22 heavy (non-hydrogen) atoms. The fourth-order valence-electron chi connectivity index (χ4n) is 2.03. The molecule has 0 aliphatic rings. The van der Waals surface area contributed by atoms with Crippen molar-refractivity contribution in [3.8, 4) is 11.3 Å². The lowest BCUT2D eigenvalue weighted by molar-refractivity contribution is 0.0526. The molecule has 0 amide bonds. The van der Waals surface area contributed by atoms with Crippen LogP contribution in [-0.2, 0) is 11.3 Å². The molecule has 1 N–H and O–H groups in total. The van der Waals surface area contributed by atoms with E-state index in [0.29, 0.717) is 18.2 Å². The fraction of sp³-hybridized carbons (Fsp3) is 0.389. The Morgan fingerprint density at radius 3 is 2.55 bits per heavy atom. The third-order valence-corrected chi connectivity index (χ3v) is 3.58. The van der Waals surface area contributed by atoms with Crippen LogP contribution in [-0.4, -0.2) is 18.6 Å². The van der Waals surface area contributed by atoms with Crippen LogP contribution in [0.15, 0.2) is 40.8 Å². The third kappa shape index (κ3) is 4.21. The van der Waals surface area contributed by atoms with Crippen LogP contribution in [0.3, 0.4) is 0 Å². The summed E-state index contributed by atoms with van der Waals surface area (Å²) in [5.74, 6) is 1.41. The second-order valence-electron chi connectivity index (χ2n) is 5.25.